The van der Waals surface area contributed by atoms with E-state index >= 15 is 0 Å². The molecular weight excluding hydrogens is 316 g/mol. The van der Waals surface area contributed by atoms with Crippen molar-refractivity contribution in [3.05, 3.63) is 64.8 Å². The molecule has 1 aromatic carbocycles. The Morgan fingerprint density at radius 2 is 1.83 bits per heavy atom. The van der Waals surface area contributed by atoms with Crippen molar-refractivity contribution in [3.63, 3.8) is 0 Å². The molecule has 2 aromatic heterocycles. The molecular formula is C19H18N4S. The van der Waals surface area contributed by atoms with Gasteiger partial charge in [-0.2, -0.15) is 5.26 Å². The van der Waals surface area contributed by atoms with Crippen molar-refractivity contribution in [2.45, 2.75) is 19.9 Å². The average molecular weight is 334 g/mol. The van der Waals surface area contributed by atoms with Gasteiger partial charge >= 0.3 is 0 Å². The van der Waals surface area contributed by atoms with E-state index in [0.29, 0.717) is 5.69 Å². The van der Waals surface area contributed by atoms with Crippen LogP contribution in [0.2, 0.25) is 0 Å². The number of pyridine rings is 1. The fourth-order valence-corrected chi connectivity index (χ4v) is 3.72. The lowest BCUT2D eigenvalue weighted by molar-refractivity contribution is 0.734. The fraction of sp³-hybridized carbons (Fsp3) is 0.211. The minimum atomic E-state index is 0.126. The average Bonchev–Trinajstić information content (AvgIpc) is 3.03. The van der Waals surface area contributed by atoms with Crippen LogP contribution in [0.4, 0.5) is 5.82 Å². The van der Waals surface area contributed by atoms with Crippen molar-refractivity contribution in [1.82, 2.24) is 9.97 Å². The second-order valence-electron chi connectivity index (χ2n) is 5.61. The minimum Gasteiger partial charge on any atom is -0.352 e. The van der Waals surface area contributed by atoms with Crippen LogP contribution in [0.5, 0.6) is 0 Å². The van der Waals surface area contributed by atoms with Gasteiger partial charge in [-0.25, -0.2) is 9.97 Å². The Labute approximate surface area is 146 Å². The molecule has 1 unspecified atom stereocenters. The number of hydrogen-bond donors (Lipinski definition) is 0. The number of rotatable bonds is 4. The quantitative estimate of drug-likeness (QED) is 0.700. The van der Waals surface area contributed by atoms with Gasteiger partial charge in [0.25, 0.3) is 0 Å². The molecule has 0 amide bonds. The lowest BCUT2D eigenvalue weighted by Crippen LogP contribution is -2.22. The topological polar surface area (TPSA) is 52.8 Å². The van der Waals surface area contributed by atoms with E-state index in [4.69, 9.17) is 10.2 Å². The Kier molecular flexibility index (Phi) is 4.59. The molecule has 0 N–H and O–H groups in total. The molecule has 0 aliphatic carbocycles. The molecule has 3 aromatic rings. The molecule has 0 aliphatic rings. The number of nitriles is 1. The minimum absolute atomic E-state index is 0.126. The van der Waals surface area contributed by atoms with Gasteiger partial charge < -0.3 is 4.90 Å². The third kappa shape index (κ3) is 3.15. The standard InChI is InChI=1S/C19H18N4S/c1-13-18(24-19(21-13)15-8-5-4-6-9-15)14(2)23(3)17-11-7-10-16(12-20)22-17/h4-11,14H,1-3H3. The molecule has 0 saturated carbocycles. The van der Waals surface area contributed by atoms with Crippen LogP contribution in [0.1, 0.15) is 29.2 Å². The van der Waals surface area contributed by atoms with Crippen LogP contribution in [-0.2, 0) is 0 Å². The van der Waals surface area contributed by atoms with Crippen LogP contribution in [-0.4, -0.2) is 17.0 Å². The van der Waals surface area contributed by atoms with Gasteiger partial charge in [-0.1, -0.05) is 36.4 Å². The van der Waals surface area contributed by atoms with Crippen molar-refractivity contribution in [3.8, 4) is 16.6 Å². The molecule has 0 saturated heterocycles. The lowest BCUT2D eigenvalue weighted by atomic mass is 10.2. The highest BCUT2D eigenvalue weighted by Crippen LogP contribution is 2.35. The summed E-state index contributed by atoms with van der Waals surface area (Å²) in [6.45, 7) is 4.18. The van der Waals surface area contributed by atoms with Crippen molar-refractivity contribution >= 4 is 17.2 Å². The van der Waals surface area contributed by atoms with Crippen LogP contribution in [0.25, 0.3) is 10.6 Å². The Bertz CT molecular complexity index is 880. The van der Waals surface area contributed by atoms with Gasteiger partial charge in [0.15, 0.2) is 0 Å². The first-order valence-corrected chi connectivity index (χ1v) is 8.54. The lowest BCUT2D eigenvalue weighted by Gasteiger charge is -2.25. The number of aryl methyl sites for hydroxylation is 1. The molecule has 0 bridgehead atoms. The van der Waals surface area contributed by atoms with Crippen molar-refractivity contribution in [2.24, 2.45) is 0 Å². The predicted molar refractivity (Wildman–Crippen MR) is 98.1 cm³/mol. The summed E-state index contributed by atoms with van der Waals surface area (Å²) >= 11 is 1.71. The number of hydrogen-bond acceptors (Lipinski definition) is 5. The molecule has 1 atom stereocenters. The van der Waals surface area contributed by atoms with E-state index in [1.165, 1.54) is 4.88 Å². The Hall–Kier alpha value is -2.71. The van der Waals surface area contributed by atoms with Crippen LogP contribution in [0, 0.1) is 18.3 Å². The molecule has 0 spiro atoms. The van der Waals surface area contributed by atoms with Crippen molar-refractivity contribution in [1.29, 1.82) is 5.26 Å². The molecule has 4 nitrogen and oxygen atoms in total. The molecule has 0 radical (unpaired) electrons. The maximum Gasteiger partial charge on any atom is 0.142 e. The summed E-state index contributed by atoms with van der Waals surface area (Å²) < 4.78 is 0. The Morgan fingerprint density at radius 1 is 1.08 bits per heavy atom. The number of thiazole rings is 1. The van der Waals surface area contributed by atoms with E-state index in [2.05, 4.69) is 35.0 Å². The second-order valence-corrected chi connectivity index (χ2v) is 6.65. The second kappa shape index (κ2) is 6.81. The van der Waals surface area contributed by atoms with E-state index in [-0.39, 0.29) is 6.04 Å². The van der Waals surface area contributed by atoms with Gasteiger partial charge in [0.1, 0.15) is 22.6 Å². The molecule has 120 valence electrons. The molecule has 0 fully saturated rings. The smallest absolute Gasteiger partial charge is 0.142 e. The first-order valence-electron chi connectivity index (χ1n) is 7.73. The number of nitrogens with zero attached hydrogens (tertiary/aromatic N) is 4. The number of aromatic nitrogens is 2. The summed E-state index contributed by atoms with van der Waals surface area (Å²) in [6.07, 6.45) is 0. The zero-order valence-corrected chi connectivity index (χ0v) is 14.7. The summed E-state index contributed by atoms with van der Waals surface area (Å²) in [7, 11) is 2.00. The zero-order valence-electron chi connectivity index (χ0n) is 13.9. The van der Waals surface area contributed by atoms with Gasteiger partial charge in [-0.15, -0.1) is 11.3 Å². The maximum atomic E-state index is 9.03. The van der Waals surface area contributed by atoms with Crippen LogP contribution >= 0.6 is 11.3 Å². The highest BCUT2D eigenvalue weighted by atomic mass is 32.1. The monoisotopic (exact) mass is 334 g/mol. The van der Waals surface area contributed by atoms with E-state index in [9.17, 15) is 0 Å². The first kappa shape index (κ1) is 16.2. The predicted octanol–water partition coefficient (Wildman–Crippen LogP) is 4.58. The van der Waals surface area contributed by atoms with E-state index < -0.39 is 0 Å². The fourth-order valence-electron chi connectivity index (χ4n) is 2.56. The normalized spacial score (nSPS) is 11.8. The van der Waals surface area contributed by atoms with Gasteiger partial charge in [0.05, 0.1) is 16.6 Å². The Balaban J connectivity index is 1.91. The van der Waals surface area contributed by atoms with Gasteiger partial charge in [-0.3, -0.25) is 0 Å². The maximum absolute atomic E-state index is 9.03. The largest absolute Gasteiger partial charge is 0.352 e. The van der Waals surface area contributed by atoms with Gasteiger partial charge in [-0.05, 0) is 26.0 Å². The zero-order chi connectivity index (χ0) is 17.1. The van der Waals surface area contributed by atoms with E-state index in [0.717, 1.165) is 22.1 Å². The highest BCUT2D eigenvalue weighted by Gasteiger charge is 2.20. The van der Waals surface area contributed by atoms with Gasteiger partial charge in [0.2, 0.25) is 0 Å². The van der Waals surface area contributed by atoms with Gasteiger partial charge in [0, 0.05) is 12.6 Å². The highest BCUT2D eigenvalue weighted by molar-refractivity contribution is 7.15. The van der Waals surface area contributed by atoms with E-state index in [1.54, 1.807) is 17.4 Å². The van der Waals surface area contributed by atoms with E-state index in [1.807, 2.05) is 44.3 Å². The van der Waals surface area contributed by atoms with Crippen molar-refractivity contribution in [2.75, 3.05) is 11.9 Å². The van der Waals surface area contributed by atoms with Crippen molar-refractivity contribution < 1.29 is 0 Å². The van der Waals surface area contributed by atoms with Crippen LogP contribution < -0.4 is 4.90 Å². The third-order valence-corrected chi connectivity index (χ3v) is 5.40. The number of benzene rings is 1. The summed E-state index contributed by atoms with van der Waals surface area (Å²) in [5.74, 6) is 0.788. The summed E-state index contributed by atoms with van der Waals surface area (Å²) in [5, 5.41) is 10.1. The van der Waals surface area contributed by atoms with Crippen LogP contribution in [0.15, 0.2) is 48.5 Å². The third-order valence-electron chi connectivity index (χ3n) is 4.02. The SMILES string of the molecule is Cc1nc(-c2ccccc2)sc1C(C)N(C)c1cccc(C#N)n1. The molecule has 24 heavy (non-hydrogen) atoms. The molecule has 5 heteroatoms. The Morgan fingerprint density at radius 3 is 2.54 bits per heavy atom. The summed E-state index contributed by atoms with van der Waals surface area (Å²) in [5.41, 5.74) is 2.60. The summed E-state index contributed by atoms with van der Waals surface area (Å²) in [4.78, 5) is 12.4. The first-order chi connectivity index (χ1) is 11.6. The molecule has 3 rings (SSSR count). The molecule has 2 heterocycles. The summed E-state index contributed by atoms with van der Waals surface area (Å²) in [6, 6.07) is 17.9. The molecule has 0 aliphatic heterocycles. The number of anilines is 1. The van der Waals surface area contributed by atoms with Crippen LogP contribution in [0.3, 0.4) is 0 Å².